The summed E-state index contributed by atoms with van der Waals surface area (Å²) in [7, 11) is 0. The maximum Gasteiger partial charge on any atom is 0.133 e. The van der Waals surface area contributed by atoms with Crippen molar-refractivity contribution in [1.82, 2.24) is 4.98 Å². The monoisotopic (exact) mass is 210 g/mol. The SMILES string of the molecule is CC(N)c1cnc(-c2cccs2)s1. The van der Waals surface area contributed by atoms with Crippen molar-refractivity contribution < 1.29 is 0 Å². The highest BCUT2D eigenvalue weighted by molar-refractivity contribution is 7.21. The molecule has 0 bridgehead atoms. The first kappa shape index (κ1) is 8.87. The summed E-state index contributed by atoms with van der Waals surface area (Å²) in [5.41, 5.74) is 5.75. The normalized spacial score (nSPS) is 13.1. The maximum absolute atomic E-state index is 5.75. The number of aromatic nitrogens is 1. The number of thiophene rings is 1. The van der Waals surface area contributed by atoms with E-state index < -0.39 is 0 Å². The van der Waals surface area contributed by atoms with E-state index in [9.17, 15) is 0 Å². The molecule has 0 aliphatic heterocycles. The molecule has 2 rings (SSSR count). The van der Waals surface area contributed by atoms with E-state index in [0.29, 0.717) is 0 Å². The van der Waals surface area contributed by atoms with Crippen molar-refractivity contribution in [1.29, 1.82) is 0 Å². The fraction of sp³-hybridized carbons (Fsp3) is 0.222. The van der Waals surface area contributed by atoms with Gasteiger partial charge in [-0.3, -0.25) is 0 Å². The van der Waals surface area contributed by atoms with E-state index in [1.165, 1.54) is 4.88 Å². The Balaban J connectivity index is 2.33. The summed E-state index contributed by atoms with van der Waals surface area (Å²) in [6.07, 6.45) is 1.87. The smallest absolute Gasteiger partial charge is 0.133 e. The van der Waals surface area contributed by atoms with Gasteiger partial charge in [-0.25, -0.2) is 4.98 Å². The first-order valence-corrected chi connectivity index (χ1v) is 5.72. The summed E-state index contributed by atoms with van der Waals surface area (Å²) >= 11 is 3.38. The average Bonchev–Trinajstić information content (AvgIpc) is 2.75. The molecule has 0 radical (unpaired) electrons. The minimum Gasteiger partial charge on any atom is -0.323 e. The lowest BCUT2D eigenvalue weighted by molar-refractivity contribution is 0.835. The summed E-state index contributed by atoms with van der Waals surface area (Å²) in [5.74, 6) is 0. The second kappa shape index (κ2) is 3.57. The van der Waals surface area contributed by atoms with Gasteiger partial charge in [-0.1, -0.05) is 6.07 Å². The molecule has 0 aliphatic rings. The first-order valence-electron chi connectivity index (χ1n) is 4.02. The summed E-state index contributed by atoms with van der Waals surface area (Å²) in [6.45, 7) is 1.98. The van der Waals surface area contributed by atoms with E-state index in [-0.39, 0.29) is 6.04 Å². The van der Waals surface area contributed by atoms with Crippen LogP contribution < -0.4 is 5.73 Å². The third-order valence-electron chi connectivity index (χ3n) is 1.70. The van der Waals surface area contributed by atoms with E-state index in [0.717, 1.165) is 9.88 Å². The molecular formula is C9H10N2S2. The second-order valence-electron chi connectivity index (χ2n) is 2.83. The van der Waals surface area contributed by atoms with Crippen LogP contribution in [0.2, 0.25) is 0 Å². The molecule has 2 N–H and O–H groups in total. The number of nitrogens with zero attached hydrogens (tertiary/aromatic N) is 1. The molecule has 2 aromatic heterocycles. The summed E-state index contributed by atoms with van der Waals surface area (Å²) in [5, 5.41) is 3.13. The van der Waals surface area contributed by atoms with E-state index in [1.54, 1.807) is 22.7 Å². The highest BCUT2D eigenvalue weighted by atomic mass is 32.1. The lowest BCUT2D eigenvalue weighted by Crippen LogP contribution is -2.01. The Kier molecular flexibility index (Phi) is 2.44. The van der Waals surface area contributed by atoms with Crippen LogP contribution in [-0.4, -0.2) is 4.98 Å². The van der Waals surface area contributed by atoms with E-state index in [2.05, 4.69) is 16.4 Å². The molecule has 68 valence electrons. The lowest BCUT2D eigenvalue weighted by Gasteiger charge is -1.96. The van der Waals surface area contributed by atoms with Gasteiger partial charge in [0.2, 0.25) is 0 Å². The van der Waals surface area contributed by atoms with Crippen molar-refractivity contribution in [2.75, 3.05) is 0 Å². The van der Waals surface area contributed by atoms with Gasteiger partial charge in [-0.15, -0.1) is 22.7 Å². The van der Waals surface area contributed by atoms with Crippen molar-refractivity contribution in [2.24, 2.45) is 5.73 Å². The average molecular weight is 210 g/mol. The molecule has 2 heterocycles. The van der Waals surface area contributed by atoms with Gasteiger partial charge in [0.25, 0.3) is 0 Å². The molecule has 2 aromatic rings. The van der Waals surface area contributed by atoms with Crippen molar-refractivity contribution in [3.8, 4) is 9.88 Å². The van der Waals surface area contributed by atoms with Gasteiger partial charge < -0.3 is 5.73 Å². The second-order valence-corrected chi connectivity index (χ2v) is 4.84. The largest absolute Gasteiger partial charge is 0.323 e. The van der Waals surface area contributed by atoms with Gasteiger partial charge in [0.05, 0.1) is 4.88 Å². The van der Waals surface area contributed by atoms with Crippen LogP contribution >= 0.6 is 22.7 Å². The van der Waals surface area contributed by atoms with Crippen LogP contribution in [0.15, 0.2) is 23.7 Å². The quantitative estimate of drug-likeness (QED) is 0.827. The minimum absolute atomic E-state index is 0.0891. The van der Waals surface area contributed by atoms with Crippen molar-refractivity contribution >= 4 is 22.7 Å². The molecule has 2 nitrogen and oxygen atoms in total. The standard InChI is InChI=1S/C9H10N2S2/c1-6(10)8-5-11-9(13-8)7-3-2-4-12-7/h2-6H,10H2,1H3. The van der Waals surface area contributed by atoms with Crippen LogP contribution in [-0.2, 0) is 0 Å². The number of thiazole rings is 1. The zero-order valence-corrected chi connectivity index (χ0v) is 8.86. The van der Waals surface area contributed by atoms with Gasteiger partial charge in [0, 0.05) is 17.1 Å². The van der Waals surface area contributed by atoms with E-state index in [4.69, 9.17) is 5.73 Å². The molecule has 1 unspecified atom stereocenters. The molecule has 0 fully saturated rings. The molecule has 0 aromatic carbocycles. The van der Waals surface area contributed by atoms with Crippen LogP contribution in [0.25, 0.3) is 9.88 Å². The molecule has 0 amide bonds. The zero-order valence-electron chi connectivity index (χ0n) is 7.23. The van der Waals surface area contributed by atoms with Gasteiger partial charge in [0.15, 0.2) is 0 Å². The van der Waals surface area contributed by atoms with Crippen molar-refractivity contribution in [3.05, 3.63) is 28.6 Å². The molecule has 4 heteroatoms. The van der Waals surface area contributed by atoms with Crippen LogP contribution in [0.5, 0.6) is 0 Å². The molecule has 1 atom stereocenters. The number of hydrogen-bond donors (Lipinski definition) is 1. The Bertz CT molecular complexity index is 376. The van der Waals surface area contributed by atoms with Crippen molar-refractivity contribution in [3.63, 3.8) is 0 Å². The van der Waals surface area contributed by atoms with Crippen LogP contribution in [0.3, 0.4) is 0 Å². The van der Waals surface area contributed by atoms with Crippen LogP contribution in [0.1, 0.15) is 17.8 Å². The Morgan fingerprint density at radius 3 is 2.92 bits per heavy atom. The molecule has 0 saturated carbocycles. The van der Waals surface area contributed by atoms with E-state index >= 15 is 0 Å². The Morgan fingerprint density at radius 1 is 1.54 bits per heavy atom. The van der Waals surface area contributed by atoms with Crippen LogP contribution in [0, 0.1) is 0 Å². The third-order valence-corrected chi connectivity index (χ3v) is 3.94. The molecular weight excluding hydrogens is 200 g/mol. The third kappa shape index (κ3) is 1.80. The van der Waals surface area contributed by atoms with Gasteiger partial charge in [-0.2, -0.15) is 0 Å². The van der Waals surface area contributed by atoms with Gasteiger partial charge >= 0.3 is 0 Å². The molecule has 0 saturated heterocycles. The summed E-state index contributed by atoms with van der Waals surface area (Å²) in [6, 6.07) is 4.20. The summed E-state index contributed by atoms with van der Waals surface area (Å²) in [4.78, 5) is 6.69. The minimum atomic E-state index is 0.0891. The van der Waals surface area contributed by atoms with E-state index in [1.807, 2.05) is 19.2 Å². The predicted molar refractivity (Wildman–Crippen MR) is 58.0 cm³/mol. The zero-order chi connectivity index (χ0) is 9.26. The molecule has 13 heavy (non-hydrogen) atoms. The molecule has 0 aliphatic carbocycles. The number of hydrogen-bond acceptors (Lipinski definition) is 4. The van der Waals surface area contributed by atoms with Gasteiger partial charge in [-0.05, 0) is 18.4 Å². The molecule has 0 spiro atoms. The van der Waals surface area contributed by atoms with Gasteiger partial charge in [0.1, 0.15) is 5.01 Å². The predicted octanol–water partition coefficient (Wildman–Crippen LogP) is 2.89. The highest BCUT2D eigenvalue weighted by Gasteiger charge is 2.07. The summed E-state index contributed by atoms with van der Waals surface area (Å²) < 4.78 is 0. The Morgan fingerprint density at radius 2 is 2.38 bits per heavy atom. The number of nitrogens with two attached hydrogens (primary N) is 1. The van der Waals surface area contributed by atoms with Crippen LogP contribution in [0.4, 0.5) is 0 Å². The number of rotatable bonds is 2. The topological polar surface area (TPSA) is 38.9 Å². The Labute approximate surface area is 85.1 Å². The fourth-order valence-electron chi connectivity index (χ4n) is 1.01. The Hall–Kier alpha value is -0.710. The fourth-order valence-corrected chi connectivity index (χ4v) is 2.68. The lowest BCUT2D eigenvalue weighted by atomic mass is 10.3. The maximum atomic E-state index is 5.75. The first-order chi connectivity index (χ1) is 6.27. The highest BCUT2D eigenvalue weighted by Crippen LogP contribution is 2.30. The van der Waals surface area contributed by atoms with Crippen molar-refractivity contribution in [2.45, 2.75) is 13.0 Å².